The Morgan fingerprint density at radius 1 is 1.38 bits per heavy atom. The Hall–Kier alpha value is -1.06. The molecular weight excluding hydrogens is 284 g/mol. The number of nitrogens with one attached hydrogen (secondary N) is 2. The molecule has 1 heterocycles. The maximum Gasteiger partial charge on any atom is 0.221 e. The van der Waals surface area contributed by atoms with Crippen molar-refractivity contribution < 1.29 is 4.79 Å². The van der Waals surface area contributed by atoms with Crippen LogP contribution >= 0.6 is 12.4 Å². The van der Waals surface area contributed by atoms with Crippen LogP contribution in [0.3, 0.4) is 0 Å². The van der Waals surface area contributed by atoms with Gasteiger partial charge < -0.3 is 10.6 Å². The lowest BCUT2D eigenvalue weighted by Crippen LogP contribution is -2.36. The minimum absolute atomic E-state index is 0. The number of hydrogen-bond acceptors (Lipinski definition) is 2. The summed E-state index contributed by atoms with van der Waals surface area (Å²) in [6, 6.07) is 8.96. The zero-order valence-corrected chi connectivity index (χ0v) is 13.5. The molecule has 1 saturated carbocycles. The van der Waals surface area contributed by atoms with Crippen LogP contribution in [0.25, 0.3) is 0 Å². The van der Waals surface area contributed by atoms with Crippen molar-refractivity contribution in [2.45, 2.75) is 50.5 Å². The number of carbonyl (C=O) groups excluding carboxylic acids is 1. The van der Waals surface area contributed by atoms with Crippen LogP contribution in [0.1, 0.15) is 43.2 Å². The van der Waals surface area contributed by atoms with Crippen molar-refractivity contribution >= 4 is 18.3 Å². The maximum absolute atomic E-state index is 12.0. The van der Waals surface area contributed by atoms with Crippen molar-refractivity contribution in [1.82, 2.24) is 10.6 Å². The molecule has 0 spiro atoms. The van der Waals surface area contributed by atoms with E-state index in [4.69, 9.17) is 0 Å². The zero-order chi connectivity index (χ0) is 14.0. The van der Waals surface area contributed by atoms with Gasteiger partial charge in [-0.15, -0.1) is 12.4 Å². The first-order chi connectivity index (χ1) is 9.70. The predicted octanol–water partition coefficient (Wildman–Crippen LogP) is 2.71. The lowest BCUT2D eigenvalue weighted by atomic mass is 9.92. The molecule has 116 valence electrons. The van der Waals surface area contributed by atoms with E-state index >= 15 is 0 Å². The topological polar surface area (TPSA) is 41.1 Å². The molecule has 21 heavy (non-hydrogen) atoms. The van der Waals surface area contributed by atoms with E-state index in [9.17, 15) is 4.79 Å². The molecule has 0 bridgehead atoms. The summed E-state index contributed by atoms with van der Waals surface area (Å²) in [5, 5.41) is 6.54. The van der Waals surface area contributed by atoms with Gasteiger partial charge in [-0.1, -0.05) is 24.3 Å². The molecule has 0 aromatic heterocycles. The monoisotopic (exact) mass is 308 g/mol. The van der Waals surface area contributed by atoms with Gasteiger partial charge in [0.05, 0.1) is 0 Å². The van der Waals surface area contributed by atoms with Crippen LogP contribution in [0, 0.1) is 6.92 Å². The first-order valence-corrected chi connectivity index (χ1v) is 7.76. The van der Waals surface area contributed by atoms with Crippen LogP contribution in [0.4, 0.5) is 0 Å². The summed E-state index contributed by atoms with van der Waals surface area (Å²) in [4.78, 5) is 12.0. The summed E-state index contributed by atoms with van der Waals surface area (Å²) < 4.78 is 0. The maximum atomic E-state index is 12.0. The third-order valence-electron chi connectivity index (χ3n) is 4.79. The van der Waals surface area contributed by atoms with E-state index in [0.29, 0.717) is 12.5 Å². The van der Waals surface area contributed by atoms with Gasteiger partial charge in [0.2, 0.25) is 5.91 Å². The second-order valence-corrected chi connectivity index (χ2v) is 6.37. The summed E-state index contributed by atoms with van der Waals surface area (Å²) in [6.45, 7) is 4.02. The Labute approximate surface area is 133 Å². The van der Waals surface area contributed by atoms with Crippen LogP contribution in [-0.2, 0) is 10.2 Å². The Bertz CT molecular complexity index is 493. The fourth-order valence-corrected chi connectivity index (χ4v) is 3.35. The second kappa shape index (κ2) is 6.80. The zero-order valence-electron chi connectivity index (χ0n) is 12.7. The highest BCUT2D eigenvalue weighted by atomic mass is 35.5. The molecule has 1 aliphatic carbocycles. The van der Waals surface area contributed by atoms with E-state index in [0.717, 1.165) is 19.5 Å². The molecule has 1 unspecified atom stereocenters. The highest BCUT2D eigenvalue weighted by molar-refractivity contribution is 5.85. The predicted molar refractivity (Wildman–Crippen MR) is 88.0 cm³/mol. The van der Waals surface area contributed by atoms with Crippen molar-refractivity contribution in [3.05, 3.63) is 35.4 Å². The van der Waals surface area contributed by atoms with Gasteiger partial charge in [0.1, 0.15) is 0 Å². The third kappa shape index (κ3) is 3.78. The van der Waals surface area contributed by atoms with Crippen molar-refractivity contribution in [2.75, 3.05) is 13.1 Å². The SMILES string of the molecule is Cc1ccccc1C1(CNC(=O)CC2CCCN2)CC1.Cl. The first-order valence-electron chi connectivity index (χ1n) is 7.76. The van der Waals surface area contributed by atoms with Gasteiger partial charge in [-0.3, -0.25) is 4.79 Å². The van der Waals surface area contributed by atoms with Gasteiger partial charge in [-0.2, -0.15) is 0 Å². The van der Waals surface area contributed by atoms with Gasteiger partial charge in [0.25, 0.3) is 0 Å². The highest BCUT2D eigenvalue weighted by Gasteiger charge is 2.45. The third-order valence-corrected chi connectivity index (χ3v) is 4.79. The quantitative estimate of drug-likeness (QED) is 0.878. The smallest absolute Gasteiger partial charge is 0.221 e. The first kappa shape index (κ1) is 16.3. The normalized spacial score (nSPS) is 22.4. The highest BCUT2D eigenvalue weighted by Crippen LogP contribution is 2.48. The summed E-state index contributed by atoms with van der Waals surface area (Å²) in [7, 11) is 0. The van der Waals surface area contributed by atoms with E-state index in [1.54, 1.807) is 0 Å². The molecule has 2 aliphatic rings. The molecule has 1 amide bonds. The molecule has 0 radical (unpaired) electrons. The molecule has 4 heteroatoms. The number of benzene rings is 1. The average molecular weight is 309 g/mol. The summed E-state index contributed by atoms with van der Waals surface area (Å²) >= 11 is 0. The van der Waals surface area contributed by atoms with Gasteiger partial charge in [0.15, 0.2) is 0 Å². The van der Waals surface area contributed by atoms with E-state index in [-0.39, 0.29) is 23.7 Å². The van der Waals surface area contributed by atoms with Gasteiger partial charge in [-0.25, -0.2) is 0 Å². The van der Waals surface area contributed by atoms with Crippen LogP contribution in [0.2, 0.25) is 0 Å². The van der Waals surface area contributed by atoms with Crippen molar-refractivity contribution in [1.29, 1.82) is 0 Å². The van der Waals surface area contributed by atoms with Crippen LogP contribution in [0.15, 0.2) is 24.3 Å². The molecule has 1 aromatic carbocycles. The fraction of sp³-hybridized carbons (Fsp3) is 0.588. The van der Waals surface area contributed by atoms with Crippen molar-refractivity contribution in [2.24, 2.45) is 0 Å². The number of amides is 1. The number of rotatable bonds is 5. The van der Waals surface area contributed by atoms with Gasteiger partial charge in [-0.05, 0) is 50.3 Å². The van der Waals surface area contributed by atoms with Crippen LogP contribution in [0.5, 0.6) is 0 Å². The Kier molecular flexibility index (Phi) is 5.28. The van der Waals surface area contributed by atoms with Crippen molar-refractivity contribution in [3.8, 4) is 0 Å². The number of halogens is 1. The van der Waals surface area contributed by atoms with E-state index in [2.05, 4.69) is 41.8 Å². The molecule has 2 fully saturated rings. The van der Waals surface area contributed by atoms with Gasteiger partial charge in [0, 0.05) is 24.4 Å². The van der Waals surface area contributed by atoms with Crippen molar-refractivity contribution in [3.63, 3.8) is 0 Å². The summed E-state index contributed by atoms with van der Waals surface area (Å²) in [5.41, 5.74) is 2.97. The largest absolute Gasteiger partial charge is 0.355 e. The Morgan fingerprint density at radius 3 is 2.76 bits per heavy atom. The fourth-order valence-electron chi connectivity index (χ4n) is 3.35. The second-order valence-electron chi connectivity index (χ2n) is 6.37. The minimum atomic E-state index is 0. The molecule has 1 aromatic rings. The van der Waals surface area contributed by atoms with Crippen LogP contribution in [-0.4, -0.2) is 25.0 Å². The standard InChI is InChI=1S/C17H24N2O.ClH/c1-13-5-2-3-7-15(13)17(8-9-17)12-19-16(20)11-14-6-4-10-18-14;/h2-3,5,7,14,18H,4,6,8-12H2,1H3,(H,19,20);1H. The minimum Gasteiger partial charge on any atom is -0.355 e. The molecular formula is C17H25ClN2O. The lowest BCUT2D eigenvalue weighted by molar-refractivity contribution is -0.121. The number of aryl methyl sites for hydroxylation is 1. The Balaban J connectivity index is 0.00000161. The van der Waals surface area contributed by atoms with Crippen LogP contribution < -0.4 is 10.6 Å². The summed E-state index contributed by atoms with van der Waals surface area (Å²) in [6.07, 6.45) is 5.35. The molecule has 3 rings (SSSR count). The molecule has 3 nitrogen and oxygen atoms in total. The van der Waals surface area contributed by atoms with Gasteiger partial charge >= 0.3 is 0 Å². The molecule has 1 atom stereocenters. The summed E-state index contributed by atoms with van der Waals surface area (Å²) in [5.74, 6) is 0.198. The number of hydrogen-bond donors (Lipinski definition) is 2. The average Bonchev–Trinajstić information content (AvgIpc) is 3.06. The molecule has 2 N–H and O–H groups in total. The Morgan fingerprint density at radius 2 is 2.14 bits per heavy atom. The lowest BCUT2D eigenvalue weighted by Gasteiger charge is -2.19. The van der Waals surface area contributed by atoms with E-state index < -0.39 is 0 Å². The molecule has 1 aliphatic heterocycles. The molecule has 1 saturated heterocycles. The van der Waals surface area contributed by atoms with E-state index in [1.165, 1.54) is 30.4 Å². The number of carbonyl (C=O) groups is 1. The van der Waals surface area contributed by atoms with E-state index in [1.807, 2.05) is 0 Å².